The highest BCUT2D eigenvalue weighted by Gasteiger charge is 2.13. The first-order chi connectivity index (χ1) is 12.7. The molecule has 1 atom stereocenters. The van der Waals surface area contributed by atoms with Gasteiger partial charge in [0.15, 0.2) is 5.96 Å². The fraction of sp³-hybridized carbons (Fsp3) is 0.632. The van der Waals surface area contributed by atoms with Gasteiger partial charge >= 0.3 is 0 Å². The number of morpholine rings is 1. The van der Waals surface area contributed by atoms with Crippen molar-refractivity contribution in [3.05, 3.63) is 24.3 Å². The fourth-order valence-electron chi connectivity index (χ4n) is 2.79. The molecule has 2 rings (SSSR count). The van der Waals surface area contributed by atoms with Gasteiger partial charge < -0.3 is 24.8 Å². The molecule has 146 valence electrons. The van der Waals surface area contributed by atoms with E-state index < -0.39 is 0 Å². The van der Waals surface area contributed by atoms with Crippen molar-refractivity contribution in [3.63, 3.8) is 0 Å². The maximum absolute atomic E-state index is 5.71. The molecule has 1 saturated heterocycles. The number of guanidine groups is 1. The molecule has 0 aromatic heterocycles. The monoisotopic (exact) mass is 364 g/mol. The van der Waals surface area contributed by atoms with Gasteiger partial charge in [-0.15, -0.1) is 0 Å². The van der Waals surface area contributed by atoms with Crippen molar-refractivity contribution in [2.45, 2.75) is 6.92 Å². The van der Waals surface area contributed by atoms with Crippen LogP contribution in [0.2, 0.25) is 0 Å². The molecule has 1 aliphatic heterocycles. The predicted octanol–water partition coefficient (Wildman–Crippen LogP) is 1.21. The second-order valence-electron chi connectivity index (χ2n) is 6.42. The van der Waals surface area contributed by atoms with Crippen LogP contribution in [0.1, 0.15) is 6.92 Å². The number of aliphatic imine (C=N–C) groups is 1. The van der Waals surface area contributed by atoms with Crippen LogP contribution in [0.25, 0.3) is 0 Å². The first-order valence-electron chi connectivity index (χ1n) is 9.22. The van der Waals surface area contributed by atoms with Gasteiger partial charge in [0, 0.05) is 33.2 Å². The van der Waals surface area contributed by atoms with Crippen LogP contribution in [-0.2, 0) is 4.74 Å². The van der Waals surface area contributed by atoms with Gasteiger partial charge in [-0.1, -0.05) is 6.92 Å². The summed E-state index contributed by atoms with van der Waals surface area (Å²) in [5.74, 6) is 3.00. The predicted molar refractivity (Wildman–Crippen MR) is 104 cm³/mol. The lowest BCUT2D eigenvalue weighted by Crippen LogP contribution is -2.44. The Balaban J connectivity index is 1.59. The Bertz CT molecular complexity index is 530. The maximum atomic E-state index is 5.71. The molecule has 7 heteroatoms. The largest absolute Gasteiger partial charge is 0.497 e. The lowest BCUT2D eigenvalue weighted by Gasteiger charge is -2.29. The van der Waals surface area contributed by atoms with Crippen molar-refractivity contribution in [1.29, 1.82) is 0 Å². The van der Waals surface area contributed by atoms with E-state index in [-0.39, 0.29) is 0 Å². The van der Waals surface area contributed by atoms with Gasteiger partial charge in [-0.05, 0) is 30.2 Å². The number of rotatable bonds is 9. The number of hydrogen-bond acceptors (Lipinski definition) is 5. The molecule has 0 amide bonds. The van der Waals surface area contributed by atoms with E-state index in [9.17, 15) is 0 Å². The van der Waals surface area contributed by atoms with Gasteiger partial charge in [0.1, 0.15) is 18.1 Å². The lowest BCUT2D eigenvalue weighted by atomic mass is 10.1. The van der Waals surface area contributed by atoms with Crippen LogP contribution in [0.5, 0.6) is 11.5 Å². The first-order valence-corrected chi connectivity index (χ1v) is 9.22. The van der Waals surface area contributed by atoms with Gasteiger partial charge in [-0.2, -0.15) is 0 Å². The van der Waals surface area contributed by atoms with E-state index in [1.165, 1.54) is 0 Å². The molecule has 0 radical (unpaired) electrons. The Kier molecular flexibility index (Phi) is 9.06. The molecule has 7 nitrogen and oxygen atoms in total. The molecule has 1 unspecified atom stereocenters. The van der Waals surface area contributed by atoms with E-state index in [1.54, 1.807) is 14.2 Å². The van der Waals surface area contributed by atoms with Crippen LogP contribution in [0.3, 0.4) is 0 Å². The highest BCUT2D eigenvalue weighted by atomic mass is 16.5. The number of nitrogens with one attached hydrogen (secondary N) is 2. The van der Waals surface area contributed by atoms with Crippen LogP contribution in [0.4, 0.5) is 0 Å². The molecule has 1 fully saturated rings. The number of ether oxygens (including phenoxy) is 3. The summed E-state index contributed by atoms with van der Waals surface area (Å²) < 4.78 is 16.2. The maximum Gasteiger partial charge on any atom is 0.191 e. The molecule has 1 heterocycles. The van der Waals surface area contributed by atoms with Crippen molar-refractivity contribution >= 4 is 5.96 Å². The van der Waals surface area contributed by atoms with Gasteiger partial charge in [0.25, 0.3) is 0 Å². The van der Waals surface area contributed by atoms with Crippen molar-refractivity contribution in [1.82, 2.24) is 15.5 Å². The van der Waals surface area contributed by atoms with E-state index in [1.807, 2.05) is 24.3 Å². The Labute approximate surface area is 156 Å². The third-order valence-corrected chi connectivity index (χ3v) is 4.24. The van der Waals surface area contributed by atoms with Crippen LogP contribution < -0.4 is 20.1 Å². The molecule has 0 saturated carbocycles. The van der Waals surface area contributed by atoms with Gasteiger partial charge in [0.2, 0.25) is 0 Å². The zero-order valence-electron chi connectivity index (χ0n) is 16.2. The number of nitrogens with zero attached hydrogens (tertiary/aromatic N) is 2. The second-order valence-corrected chi connectivity index (χ2v) is 6.42. The average Bonchev–Trinajstić information content (AvgIpc) is 2.68. The van der Waals surface area contributed by atoms with Crippen molar-refractivity contribution < 1.29 is 14.2 Å². The third-order valence-electron chi connectivity index (χ3n) is 4.24. The molecule has 1 aromatic rings. The van der Waals surface area contributed by atoms with E-state index in [0.29, 0.717) is 19.1 Å². The van der Waals surface area contributed by atoms with Crippen LogP contribution in [-0.4, -0.2) is 77.6 Å². The Morgan fingerprint density at radius 1 is 1.19 bits per heavy atom. The SMILES string of the molecule is CN=C(NCCOc1ccc(OC)cc1)NCC(C)CN1CCOCC1. The summed E-state index contributed by atoms with van der Waals surface area (Å²) in [5, 5.41) is 6.66. The van der Waals surface area contributed by atoms with Gasteiger partial charge in [0.05, 0.1) is 26.9 Å². The quantitative estimate of drug-likeness (QED) is 0.390. The number of methoxy groups -OCH3 is 1. The highest BCUT2D eigenvalue weighted by molar-refractivity contribution is 5.79. The standard InChI is InChI=1S/C19H32N4O3/c1-16(15-23-9-12-25-13-10-23)14-22-19(20-2)21-8-11-26-18-6-4-17(24-3)5-7-18/h4-7,16H,8-15H2,1-3H3,(H2,20,21,22). The number of hydrogen-bond donors (Lipinski definition) is 2. The molecule has 26 heavy (non-hydrogen) atoms. The van der Waals surface area contributed by atoms with Crippen LogP contribution in [0, 0.1) is 5.92 Å². The highest BCUT2D eigenvalue weighted by Crippen LogP contribution is 2.16. The van der Waals surface area contributed by atoms with E-state index in [0.717, 1.165) is 56.9 Å². The van der Waals surface area contributed by atoms with E-state index in [2.05, 4.69) is 27.4 Å². The average molecular weight is 364 g/mol. The molecular weight excluding hydrogens is 332 g/mol. The van der Waals surface area contributed by atoms with Crippen molar-refractivity contribution in [2.75, 3.05) is 66.7 Å². The first kappa shape index (κ1) is 20.3. The summed E-state index contributed by atoms with van der Waals surface area (Å²) in [6.07, 6.45) is 0. The summed E-state index contributed by atoms with van der Waals surface area (Å²) in [4.78, 5) is 6.72. The topological polar surface area (TPSA) is 67.4 Å². The van der Waals surface area contributed by atoms with Gasteiger partial charge in [-0.25, -0.2) is 0 Å². The summed E-state index contributed by atoms with van der Waals surface area (Å²) in [7, 11) is 3.44. The molecule has 2 N–H and O–H groups in total. The van der Waals surface area contributed by atoms with E-state index >= 15 is 0 Å². The molecule has 0 spiro atoms. The smallest absolute Gasteiger partial charge is 0.191 e. The Hall–Kier alpha value is -1.99. The van der Waals surface area contributed by atoms with Crippen molar-refractivity contribution in [3.8, 4) is 11.5 Å². The normalized spacial score (nSPS) is 16.8. The second kappa shape index (κ2) is 11.6. The Morgan fingerprint density at radius 2 is 1.88 bits per heavy atom. The zero-order valence-corrected chi connectivity index (χ0v) is 16.2. The summed E-state index contributed by atoms with van der Waals surface area (Å²) in [6.45, 7) is 9.21. The third kappa shape index (κ3) is 7.49. The molecule has 1 aromatic carbocycles. The zero-order chi connectivity index (χ0) is 18.6. The van der Waals surface area contributed by atoms with Crippen molar-refractivity contribution in [2.24, 2.45) is 10.9 Å². The molecule has 0 aliphatic carbocycles. The van der Waals surface area contributed by atoms with E-state index in [4.69, 9.17) is 14.2 Å². The van der Waals surface area contributed by atoms with Gasteiger partial charge in [-0.3, -0.25) is 9.89 Å². The van der Waals surface area contributed by atoms with Crippen LogP contribution in [0.15, 0.2) is 29.3 Å². The minimum absolute atomic E-state index is 0.544. The minimum Gasteiger partial charge on any atom is -0.497 e. The lowest BCUT2D eigenvalue weighted by molar-refractivity contribution is 0.0320. The number of benzene rings is 1. The molecular formula is C19H32N4O3. The Morgan fingerprint density at radius 3 is 2.54 bits per heavy atom. The summed E-state index contributed by atoms with van der Waals surface area (Å²) >= 11 is 0. The summed E-state index contributed by atoms with van der Waals surface area (Å²) in [5.41, 5.74) is 0. The molecule has 0 bridgehead atoms. The fourth-order valence-corrected chi connectivity index (χ4v) is 2.79. The molecule has 1 aliphatic rings. The summed E-state index contributed by atoms with van der Waals surface area (Å²) in [6, 6.07) is 7.58. The minimum atomic E-state index is 0.544. The van der Waals surface area contributed by atoms with Crippen LogP contribution >= 0.6 is 0 Å².